The molecule has 0 aromatic rings. The normalized spacial score (nSPS) is 12.8. The summed E-state index contributed by atoms with van der Waals surface area (Å²) < 4.78 is 23.8. The standard InChI is InChI=1S/CH8N6O3S/c2-1(7(3)4)6-10-11(5,8)9/h3-4H2,(H2,2,6)(H2,5,8,9). The van der Waals surface area contributed by atoms with Crippen LogP contribution in [-0.2, 0) is 14.6 Å². The lowest BCUT2D eigenvalue weighted by Gasteiger charge is -2.07. The molecule has 0 saturated heterocycles. The Hall–Kier alpha value is -1.10. The molecule has 0 radical (unpaired) electrons. The van der Waals surface area contributed by atoms with Gasteiger partial charge in [-0.2, -0.15) is 13.6 Å². The Morgan fingerprint density at radius 1 is 1.45 bits per heavy atom. The largest absolute Gasteiger partial charge is 0.399 e. The minimum Gasteiger partial charge on any atom is -0.365 e. The van der Waals surface area contributed by atoms with Gasteiger partial charge in [0, 0.05) is 0 Å². The van der Waals surface area contributed by atoms with E-state index in [1.165, 1.54) is 0 Å². The third kappa shape index (κ3) is 5.35. The zero-order chi connectivity index (χ0) is 9.07. The number of hydrazine groups is 2. The SMILES string of the molecule is N/C(=N\OS(N)(=O)=O)N(N)N. The maximum Gasteiger partial charge on any atom is 0.399 e. The number of hydrogen-bond donors (Lipinski definition) is 4. The van der Waals surface area contributed by atoms with Gasteiger partial charge in [-0.25, -0.2) is 16.8 Å². The summed E-state index contributed by atoms with van der Waals surface area (Å²) in [5, 5.41) is 7.49. The highest BCUT2D eigenvalue weighted by atomic mass is 32.2. The van der Waals surface area contributed by atoms with Crippen LogP contribution in [0.2, 0.25) is 0 Å². The van der Waals surface area contributed by atoms with Crippen molar-refractivity contribution in [2.45, 2.75) is 0 Å². The van der Waals surface area contributed by atoms with E-state index in [4.69, 9.17) is 17.4 Å². The number of hydrogen-bond acceptors (Lipinski definition) is 6. The van der Waals surface area contributed by atoms with E-state index in [1.54, 1.807) is 0 Å². The average molecular weight is 184 g/mol. The number of guanidine groups is 1. The molecule has 8 N–H and O–H groups in total. The van der Waals surface area contributed by atoms with Crippen molar-refractivity contribution in [3.8, 4) is 0 Å². The third-order valence-corrected chi connectivity index (χ3v) is 0.782. The molecule has 0 fully saturated rings. The van der Waals surface area contributed by atoms with Gasteiger partial charge in [0.1, 0.15) is 0 Å². The molecule has 0 rings (SSSR count). The lowest BCUT2D eigenvalue weighted by atomic mass is 11.1. The van der Waals surface area contributed by atoms with Crippen molar-refractivity contribution < 1.29 is 12.7 Å². The Morgan fingerprint density at radius 2 is 1.91 bits per heavy atom. The van der Waals surface area contributed by atoms with E-state index >= 15 is 0 Å². The van der Waals surface area contributed by atoms with Crippen LogP contribution in [0.15, 0.2) is 5.16 Å². The zero-order valence-corrected chi connectivity index (χ0v) is 6.15. The summed E-state index contributed by atoms with van der Waals surface area (Å²) in [6, 6.07) is 0. The van der Waals surface area contributed by atoms with Crippen molar-refractivity contribution in [3.05, 3.63) is 0 Å². The second kappa shape index (κ2) is 3.34. The summed E-state index contributed by atoms with van der Waals surface area (Å²) in [5.74, 6) is 9.08. The fourth-order valence-electron chi connectivity index (χ4n) is 0.137. The van der Waals surface area contributed by atoms with Crippen molar-refractivity contribution >= 4 is 16.3 Å². The van der Waals surface area contributed by atoms with Gasteiger partial charge in [-0.05, 0) is 5.16 Å². The monoisotopic (exact) mass is 184 g/mol. The number of nitrogens with two attached hydrogens (primary N) is 4. The molecule has 10 heteroatoms. The number of oxime groups is 1. The highest BCUT2D eigenvalue weighted by Gasteiger charge is 2.02. The smallest absolute Gasteiger partial charge is 0.365 e. The minimum absolute atomic E-state index is 0.366. The minimum atomic E-state index is -4.16. The summed E-state index contributed by atoms with van der Waals surface area (Å²) in [5.41, 5.74) is 4.90. The van der Waals surface area contributed by atoms with Crippen molar-refractivity contribution in [3.63, 3.8) is 0 Å². The fraction of sp³-hybridized carbons (Fsp3) is 0. The zero-order valence-electron chi connectivity index (χ0n) is 5.34. The molecule has 0 atom stereocenters. The third-order valence-electron chi connectivity index (χ3n) is 0.499. The molecule has 0 bridgehead atoms. The molecule has 0 amide bonds. The molecular formula is CH8N6O3S. The van der Waals surface area contributed by atoms with Crippen LogP contribution < -0.4 is 22.6 Å². The first kappa shape index (κ1) is 9.90. The van der Waals surface area contributed by atoms with Crippen molar-refractivity contribution in [2.24, 2.45) is 27.7 Å². The molecule has 0 aliphatic carbocycles. The van der Waals surface area contributed by atoms with E-state index in [2.05, 4.69) is 14.6 Å². The van der Waals surface area contributed by atoms with Crippen LogP contribution in [0.25, 0.3) is 0 Å². The van der Waals surface area contributed by atoms with E-state index < -0.39 is 16.3 Å². The van der Waals surface area contributed by atoms with E-state index in [-0.39, 0.29) is 0 Å². The lowest BCUT2D eigenvalue weighted by molar-refractivity contribution is 0.322. The molecule has 0 spiro atoms. The van der Waals surface area contributed by atoms with Gasteiger partial charge < -0.3 is 5.73 Å². The van der Waals surface area contributed by atoms with Gasteiger partial charge in [0.25, 0.3) is 5.96 Å². The van der Waals surface area contributed by atoms with Crippen LogP contribution in [0.5, 0.6) is 0 Å². The van der Waals surface area contributed by atoms with Gasteiger partial charge in [-0.15, -0.1) is 0 Å². The van der Waals surface area contributed by atoms with Gasteiger partial charge in [0.15, 0.2) is 0 Å². The number of rotatable bonds is 2. The molecule has 9 nitrogen and oxygen atoms in total. The Balaban J connectivity index is 4.15. The summed E-state index contributed by atoms with van der Waals surface area (Å²) in [7, 11) is -4.16. The second-order valence-electron chi connectivity index (χ2n) is 1.42. The average Bonchev–Trinajstić information content (AvgIpc) is 1.80. The van der Waals surface area contributed by atoms with Gasteiger partial charge >= 0.3 is 10.3 Å². The maximum atomic E-state index is 10.1. The molecule has 66 valence electrons. The van der Waals surface area contributed by atoms with Crippen molar-refractivity contribution in [2.75, 3.05) is 0 Å². The van der Waals surface area contributed by atoms with Crippen LogP contribution >= 0.6 is 0 Å². The highest BCUT2D eigenvalue weighted by Crippen LogP contribution is 1.82. The summed E-state index contributed by atoms with van der Waals surface area (Å²) in [4.78, 5) is 0. The first-order valence-corrected chi connectivity index (χ1v) is 3.64. The molecule has 0 aliphatic rings. The topological polar surface area (TPSA) is 163 Å². The van der Waals surface area contributed by atoms with E-state index in [9.17, 15) is 8.42 Å². The summed E-state index contributed by atoms with van der Waals surface area (Å²) in [6.45, 7) is 0. The Bertz CT molecular complexity index is 241. The molecule has 0 aromatic carbocycles. The van der Waals surface area contributed by atoms with Gasteiger partial charge in [-0.1, -0.05) is 0 Å². The van der Waals surface area contributed by atoms with Gasteiger partial charge in [0.2, 0.25) is 0 Å². The molecule has 0 heterocycles. The van der Waals surface area contributed by atoms with Crippen LogP contribution in [-0.4, -0.2) is 19.5 Å². The van der Waals surface area contributed by atoms with Gasteiger partial charge in [0.05, 0.1) is 0 Å². The summed E-state index contributed by atoms with van der Waals surface area (Å²) in [6.07, 6.45) is 0. The molecule has 0 aliphatic heterocycles. The quantitative estimate of drug-likeness (QED) is 0.149. The van der Waals surface area contributed by atoms with Crippen molar-refractivity contribution in [1.82, 2.24) is 5.12 Å². The predicted octanol–water partition coefficient (Wildman–Crippen LogP) is -3.51. The van der Waals surface area contributed by atoms with Crippen molar-refractivity contribution in [1.29, 1.82) is 0 Å². The Morgan fingerprint density at radius 3 is 2.18 bits per heavy atom. The molecule has 0 unspecified atom stereocenters. The fourth-order valence-corrected chi connectivity index (χ4v) is 0.318. The van der Waals surface area contributed by atoms with Crippen LogP contribution in [0, 0.1) is 0 Å². The van der Waals surface area contributed by atoms with Crippen LogP contribution in [0.3, 0.4) is 0 Å². The highest BCUT2D eigenvalue weighted by molar-refractivity contribution is 7.84. The second-order valence-corrected chi connectivity index (χ2v) is 2.56. The first-order valence-electron chi connectivity index (χ1n) is 2.17. The lowest BCUT2D eigenvalue weighted by Crippen LogP contribution is -2.48. The van der Waals surface area contributed by atoms with E-state index in [1.807, 2.05) is 0 Å². The Labute approximate surface area is 62.7 Å². The molecule has 0 aromatic heterocycles. The molecular weight excluding hydrogens is 176 g/mol. The van der Waals surface area contributed by atoms with Gasteiger partial charge in [-0.3, -0.25) is 4.28 Å². The summed E-state index contributed by atoms with van der Waals surface area (Å²) >= 11 is 0. The molecule has 11 heavy (non-hydrogen) atoms. The molecule has 0 saturated carbocycles. The number of nitrogens with zero attached hydrogens (tertiary/aromatic N) is 2. The van der Waals surface area contributed by atoms with E-state index in [0.717, 1.165) is 0 Å². The van der Waals surface area contributed by atoms with Crippen LogP contribution in [0.1, 0.15) is 0 Å². The predicted molar refractivity (Wildman–Crippen MR) is 36.0 cm³/mol. The maximum absolute atomic E-state index is 10.1. The Kier molecular flexibility index (Phi) is 3.00. The van der Waals surface area contributed by atoms with E-state index in [0.29, 0.717) is 5.12 Å². The first-order chi connectivity index (χ1) is 4.83. The van der Waals surface area contributed by atoms with Crippen LogP contribution in [0.4, 0.5) is 0 Å².